The molecule has 0 aliphatic heterocycles. The Labute approximate surface area is 156 Å². The van der Waals surface area contributed by atoms with Gasteiger partial charge >= 0.3 is 0 Å². The van der Waals surface area contributed by atoms with Crippen molar-refractivity contribution in [3.8, 4) is 0 Å². The Morgan fingerprint density at radius 1 is 0.741 bits per heavy atom. The molecule has 0 amide bonds. The van der Waals surface area contributed by atoms with E-state index in [4.69, 9.17) is 5.73 Å². The monoisotopic (exact) mass is 359 g/mol. The van der Waals surface area contributed by atoms with Gasteiger partial charge in [0.05, 0.1) is 0 Å². The molecule has 0 saturated carbocycles. The maximum absolute atomic E-state index is 11.8. The number of hydrogen-bond donors (Lipinski definition) is 3. The number of nitrogens with one attached hydrogen (secondary N) is 2. The molecule has 4 aromatic rings. The van der Waals surface area contributed by atoms with Gasteiger partial charge in [0.2, 0.25) is 5.95 Å². The smallest absolute Gasteiger partial charge is 0.278 e. The van der Waals surface area contributed by atoms with Gasteiger partial charge in [0.1, 0.15) is 5.82 Å². The highest BCUT2D eigenvalue weighted by atomic mass is 16.1. The highest BCUT2D eigenvalue weighted by Crippen LogP contribution is 2.12. The van der Waals surface area contributed by atoms with E-state index < -0.39 is 0 Å². The predicted molar refractivity (Wildman–Crippen MR) is 107 cm³/mol. The molecule has 27 heavy (non-hydrogen) atoms. The first-order valence-corrected chi connectivity index (χ1v) is 9.03. The van der Waals surface area contributed by atoms with Crippen molar-refractivity contribution in [1.82, 2.24) is 19.9 Å². The number of nitrogen functional groups attached to an aromatic ring is 1. The number of H-pyrrole nitrogens is 2. The zero-order chi connectivity index (χ0) is 18.6. The van der Waals surface area contributed by atoms with Gasteiger partial charge in [-0.05, 0) is 36.0 Å². The summed E-state index contributed by atoms with van der Waals surface area (Å²) >= 11 is 0. The molecule has 0 radical (unpaired) electrons. The molecule has 2 heterocycles. The van der Waals surface area contributed by atoms with Crippen LogP contribution in [0.15, 0.2) is 59.4 Å². The average Bonchev–Trinajstić information content (AvgIpc) is 3.10. The molecule has 2 aromatic carbocycles. The van der Waals surface area contributed by atoms with Crippen molar-refractivity contribution >= 4 is 17.1 Å². The van der Waals surface area contributed by atoms with E-state index in [-0.39, 0.29) is 11.5 Å². The Morgan fingerprint density at radius 2 is 1.33 bits per heavy atom. The Balaban J connectivity index is 1.37. The van der Waals surface area contributed by atoms with Gasteiger partial charge in [-0.1, -0.05) is 54.6 Å². The molecule has 0 atom stereocenters. The minimum absolute atomic E-state index is 0.0802. The molecule has 0 aliphatic rings. The predicted octanol–water partition coefficient (Wildman–Crippen LogP) is 2.80. The highest BCUT2D eigenvalue weighted by molar-refractivity contribution is 5.70. The molecule has 2 aromatic heterocycles. The zero-order valence-electron chi connectivity index (χ0n) is 14.9. The molecular formula is C21H21N5O. The maximum Gasteiger partial charge on any atom is 0.278 e. The fraction of sp³-hybridized carbons (Fsp3) is 0.190. The number of rotatable bonds is 6. The normalized spacial score (nSPS) is 11.1. The van der Waals surface area contributed by atoms with Gasteiger partial charge in [-0.3, -0.25) is 9.78 Å². The van der Waals surface area contributed by atoms with Crippen molar-refractivity contribution in [1.29, 1.82) is 0 Å². The quantitative estimate of drug-likeness (QED) is 0.493. The van der Waals surface area contributed by atoms with E-state index in [0.29, 0.717) is 17.6 Å². The summed E-state index contributed by atoms with van der Waals surface area (Å²) in [7, 11) is 0. The molecule has 0 spiro atoms. The largest absolute Gasteiger partial charge is 0.369 e. The van der Waals surface area contributed by atoms with Crippen LogP contribution in [0.3, 0.4) is 0 Å². The van der Waals surface area contributed by atoms with Crippen LogP contribution in [0, 0.1) is 0 Å². The van der Waals surface area contributed by atoms with E-state index in [1.807, 2.05) is 6.07 Å². The highest BCUT2D eigenvalue weighted by Gasteiger charge is 2.08. The lowest BCUT2D eigenvalue weighted by Gasteiger charge is -2.04. The summed E-state index contributed by atoms with van der Waals surface area (Å²) in [6, 6.07) is 19.2. The summed E-state index contributed by atoms with van der Waals surface area (Å²) in [4.78, 5) is 25.8. The Hall–Kier alpha value is -3.41. The number of nitrogens with zero attached hydrogens (tertiary/aromatic N) is 2. The van der Waals surface area contributed by atoms with Gasteiger partial charge in [-0.15, -0.1) is 0 Å². The average molecular weight is 359 g/mol. The molecule has 6 nitrogen and oxygen atoms in total. The molecule has 0 unspecified atom stereocenters. The Kier molecular flexibility index (Phi) is 4.70. The van der Waals surface area contributed by atoms with Gasteiger partial charge in [0.25, 0.3) is 5.56 Å². The first-order valence-electron chi connectivity index (χ1n) is 9.03. The lowest BCUT2D eigenvalue weighted by Crippen LogP contribution is -2.10. The van der Waals surface area contributed by atoms with Crippen LogP contribution in [0.4, 0.5) is 5.95 Å². The summed E-state index contributed by atoms with van der Waals surface area (Å²) in [5.74, 6) is 0.818. The number of imidazole rings is 1. The minimum atomic E-state index is -0.293. The molecule has 0 fully saturated rings. The summed E-state index contributed by atoms with van der Waals surface area (Å²) in [5, 5.41) is 0. The second kappa shape index (κ2) is 7.45. The van der Waals surface area contributed by atoms with E-state index in [9.17, 15) is 4.79 Å². The summed E-state index contributed by atoms with van der Waals surface area (Å²) in [5.41, 5.74) is 9.92. The van der Waals surface area contributed by atoms with Crippen molar-refractivity contribution < 1.29 is 0 Å². The molecule has 0 aliphatic carbocycles. The molecular weight excluding hydrogens is 338 g/mol. The van der Waals surface area contributed by atoms with Crippen LogP contribution in [0.5, 0.6) is 0 Å². The third kappa shape index (κ3) is 4.06. The first-order chi connectivity index (χ1) is 13.2. The number of nitrogens with two attached hydrogens (primary N) is 1. The van der Waals surface area contributed by atoms with Crippen molar-refractivity contribution in [2.75, 3.05) is 5.73 Å². The van der Waals surface area contributed by atoms with Gasteiger partial charge in [-0.25, -0.2) is 4.98 Å². The van der Waals surface area contributed by atoms with E-state index in [0.717, 1.165) is 25.1 Å². The van der Waals surface area contributed by atoms with Gasteiger partial charge < -0.3 is 10.7 Å². The fourth-order valence-corrected chi connectivity index (χ4v) is 3.16. The molecule has 0 bridgehead atoms. The first kappa shape index (κ1) is 17.0. The Bertz CT molecular complexity index is 1100. The number of benzene rings is 2. The standard InChI is InChI=1S/C21H21N5O/c22-21-25-19-18(20(27)26-21)23-17(24-19)13-12-16-10-8-15(9-11-16)7-6-14-4-2-1-3-5-14/h1-5,8-11H,6-7,12-13H2,(H4,22,23,24,25,26,27). The van der Waals surface area contributed by atoms with Crippen LogP contribution >= 0.6 is 0 Å². The summed E-state index contributed by atoms with van der Waals surface area (Å²) in [6.07, 6.45) is 3.62. The van der Waals surface area contributed by atoms with E-state index in [2.05, 4.69) is 68.5 Å². The van der Waals surface area contributed by atoms with Crippen LogP contribution in [0.1, 0.15) is 22.5 Å². The van der Waals surface area contributed by atoms with Crippen LogP contribution < -0.4 is 11.3 Å². The van der Waals surface area contributed by atoms with E-state index in [1.54, 1.807) is 0 Å². The SMILES string of the molecule is Nc1nc2nc(CCc3ccc(CCc4ccccc4)cc3)[nH]c2c(=O)[nH]1. The third-order valence-electron chi connectivity index (χ3n) is 4.65. The second-order valence-electron chi connectivity index (χ2n) is 6.64. The lowest BCUT2D eigenvalue weighted by molar-refractivity contribution is 0.885. The minimum Gasteiger partial charge on any atom is -0.369 e. The molecule has 136 valence electrons. The van der Waals surface area contributed by atoms with E-state index in [1.165, 1.54) is 16.7 Å². The summed E-state index contributed by atoms with van der Waals surface area (Å²) < 4.78 is 0. The lowest BCUT2D eigenvalue weighted by atomic mass is 10.0. The van der Waals surface area contributed by atoms with Crippen LogP contribution in [-0.2, 0) is 25.7 Å². The number of anilines is 1. The van der Waals surface area contributed by atoms with Gasteiger partial charge in [-0.2, -0.15) is 4.98 Å². The van der Waals surface area contributed by atoms with Gasteiger partial charge in [0.15, 0.2) is 11.2 Å². The van der Waals surface area contributed by atoms with Crippen LogP contribution in [-0.4, -0.2) is 19.9 Å². The fourth-order valence-electron chi connectivity index (χ4n) is 3.16. The number of aromatic nitrogens is 4. The molecule has 4 rings (SSSR count). The topological polar surface area (TPSA) is 100 Å². The van der Waals surface area contributed by atoms with Crippen LogP contribution in [0.25, 0.3) is 11.2 Å². The van der Waals surface area contributed by atoms with Crippen molar-refractivity contribution in [2.45, 2.75) is 25.7 Å². The summed E-state index contributed by atoms with van der Waals surface area (Å²) in [6.45, 7) is 0. The number of aromatic amines is 2. The molecule has 4 N–H and O–H groups in total. The van der Waals surface area contributed by atoms with E-state index >= 15 is 0 Å². The number of hydrogen-bond acceptors (Lipinski definition) is 4. The number of aryl methyl sites for hydroxylation is 4. The van der Waals surface area contributed by atoms with Crippen molar-refractivity contribution in [3.05, 3.63) is 87.5 Å². The molecule has 0 saturated heterocycles. The molecule has 6 heteroatoms. The van der Waals surface area contributed by atoms with Gasteiger partial charge in [0, 0.05) is 6.42 Å². The van der Waals surface area contributed by atoms with Crippen LogP contribution in [0.2, 0.25) is 0 Å². The van der Waals surface area contributed by atoms with Crippen molar-refractivity contribution in [3.63, 3.8) is 0 Å². The third-order valence-corrected chi connectivity index (χ3v) is 4.65. The number of fused-ring (bicyclic) bond motifs is 1. The van der Waals surface area contributed by atoms with Crippen molar-refractivity contribution in [2.24, 2.45) is 0 Å². The second-order valence-corrected chi connectivity index (χ2v) is 6.64. The zero-order valence-corrected chi connectivity index (χ0v) is 14.9. The maximum atomic E-state index is 11.8. The Morgan fingerprint density at radius 3 is 2.00 bits per heavy atom.